The first-order valence-corrected chi connectivity index (χ1v) is 8.05. The molecule has 1 aromatic rings. The van der Waals surface area contributed by atoms with Crippen LogP contribution in [0.1, 0.15) is 33.1 Å². The second-order valence-electron chi connectivity index (χ2n) is 5.75. The minimum absolute atomic E-state index is 0.612. The van der Waals surface area contributed by atoms with Gasteiger partial charge in [-0.15, -0.1) is 0 Å². The van der Waals surface area contributed by atoms with Gasteiger partial charge in [0, 0.05) is 32.7 Å². The molecule has 1 aliphatic rings. The lowest BCUT2D eigenvalue weighted by Gasteiger charge is -2.41. The van der Waals surface area contributed by atoms with Crippen molar-refractivity contribution in [3.8, 4) is 0 Å². The lowest BCUT2D eigenvalue weighted by molar-refractivity contribution is 0.493. The molecule has 1 aromatic carbocycles. The molecule has 3 heteroatoms. The van der Waals surface area contributed by atoms with Crippen molar-refractivity contribution in [3.05, 3.63) is 24.3 Å². The van der Waals surface area contributed by atoms with Crippen LogP contribution in [0.15, 0.2) is 24.3 Å². The second-order valence-corrected chi connectivity index (χ2v) is 5.75. The van der Waals surface area contributed by atoms with Crippen LogP contribution in [0.3, 0.4) is 0 Å². The molecule has 0 amide bonds. The van der Waals surface area contributed by atoms with Crippen LogP contribution in [0, 0.1) is 0 Å². The summed E-state index contributed by atoms with van der Waals surface area (Å²) in [5, 5.41) is 3.60. The molecule has 1 heterocycles. The van der Waals surface area contributed by atoms with Gasteiger partial charge in [-0.2, -0.15) is 0 Å². The largest absolute Gasteiger partial charge is 0.371 e. The number of anilines is 2. The summed E-state index contributed by atoms with van der Waals surface area (Å²) in [6, 6.07) is 9.43. The Morgan fingerprint density at radius 1 is 1.10 bits per heavy atom. The van der Waals surface area contributed by atoms with Crippen LogP contribution in [0.5, 0.6) is 0 Å². The zero-order valence-corrected chi connectivity index (χ0v) is 13.2. The smallest absolute Gasteiger partial charge is 0.0607 e. The number of fused-ring (bicyclic) bond motifs is 1. The molecule has 0 radical (unpaired) electrons. The summed E-state index contributed by atoms with van der Waals surface area (Å²) < 4.78 is 0. The highest BCUT2D eigenvalue weighted by Gasteiger charge is 2.25. The van der Waals surface area contributed by atoms with Crippen molar-refractivity contribution in [2.75, 3.05) is 43.0 Å². The first-order chi connectivity index (χ1) is 9.77. The summed E-state index contributed by atoms with van der Waals surface area (Å²) >= 11 is 0. The van der Waals surface area contributed by atoms with E-state index >= 15 is 0 Å². The maximum absolute atomic E-state index is 3.60. The molecular weight excluding hydrogens is 246 g/mol. The minimum atomic E-state index is 0.612. The van der Waals surface area contributed by atoms with Gasteiger partial charge < -0.3 is 15.1 Å². The molecule has 1 aliphatic heterocycles. The maximum atomic E-state index is 3.60. The van der Waals surface area contributed by atoms with E-state index < -0.39 is 0 Å². The summed E-state index contributed by atoms with van der Waals surface area (Å²) in [6.45, 7) is 8.98. The summed E-state index contributed by atoms with van der Waals surface area (Å²) in [4.78, 5) is 4.98. The molecule has 1 unspecified atom stereocenters. The Balaban J connectivity index is 2.14. The number of likely N-dealkylation sites (N-methyl/N-ethyl adjacent to an activating group) is 1. The number of nitrogens with zero attached hydrogens (tertiary/aromatic N) is 2. The Morgan fingerprint density at radius 3 is 2.55 bits per heavy atom. The van der Waals surface area contributed by atoms with Gasteiger partial charge in [-0.05, 0) is 31.5 Å². The van der Waals surface area contributed by atoms with E-state index in [9.17, 15) is 0 Å². The summed E-state index contributed by atoms with van der Waals surface area (Å²) in [7, 11) is 2.19. The lowest BCUT2D eigenvalue weighted by Crippen LogP contribution is -2.48. The average Bonchev–Trinajstić information content (AvgIpc) is 2.48. The molecule has 1 atom stereocenters. The molecule has 112 valence electrons. The Hall–Kier alpha value is -1.22. The zero-order valence-electron chi connectivity index (χ0n) is 13.2. The fourth-order valence-corrected chi connectivity index (χ4v) is 3.05. The third-order valence-electron chi connectivity index (χ3n) is 4.15. The Bertz CT molecular complexity index is 405. The molecule has 0 spiro atoms. The molecule has 0 fully saturated rings. The minimum Gasteiger partial charge on any atom is -0.371 e. The van der Waals surface area contributed by atoms with Crippen molar-refractivity contribution in [2.45, 2.75) is 39.2 Å². The van der Waals surface area contributed by atoms with Gasteiger partial charge in [-0.25, -0.2) is 0 Å². The molecule has 0 saturated carbocycles. The van der Waals surface area contributed by atoms with E-state index in [0.29, 0.717) is 6.04 Å². The summed E-state index contributed by atoms with van der Waals surface area (Å²) in [6.07, 6.45) is 3.71. The average molecular weight is 275 g/mol. The van der Waals surface area contributed by atoms with Gasteiger partial charge in [0.25, 0.3) is 0 Å². The van der Waals surface area contributed by atoms with E-state index in [1.54, 1.807) is 0 Å². The van der Waals surface area contributed by atoms with Crippen molar-refractivity contribution in [1.29, 1.82) is 0 Å². The first-order valence-electron chi connectivity index (χ1n) is 8.05. The quantitative estimate of drug-likeness (QED) is 0.771. The van der Waals surface area contributed by atoms with Gasteiger partial charge in [0.15, 0.2) is 0 Å². The van der Waals surface area contributed by atoms with Crippen molar-refractivity contribution in [1.82, 2.24) is 5.32 Å². The number of hydrogen-bond acceptors (Lipinski definition) is 3. The van der Waals surface area contributed by atoms with Crippen LogP contribution < -0.4 is 15.1 Å². The van der Waals surface area contributed by atoms with Crippen LogP contribution in [0.4, 0.5) is 11.4 Å². The summed E-state index contributed by atoms with van der Waals surface area (Å²) in [5.41, 5.74) is 2.77. The maximum Gasteiger partial charge on any atom is 0.0607 e. The van der Waals surface area contributed by atoms with Gasteiger partial charge in [-0.1, -0.05) is 32.4 Å². The number of nitrogens with one attached hydrogen (secondary N) is 1. The topological polar surface area (TPSA) is 18.5 Å². The van der Waals surface area contributed by atoms with E-state index in [4.69, 9.17) is 0 Å². The lowest BCUT2D eigenvalue weighted by atomic mass is 10.1. The Morgan fingerprint density at radius 2 is 1.85 bits per heavy atom. The fraction of sp³-hybridized carbons (Fsp3) is 0.647. The highest BCUT2D eigenvalue weighted by atomic mass is 15.3. The third kappa shape index (κ3) is 3.45. The van der Waals surface area contributed by atoms with E-state index in [0.717, 1.165) is 26.2 Å². The Kier molecular flexibility index (Phi) is 5.72. The molecule has 0 saturated heterocycles. The van der Waals surface area contributed by atoms with E-state index in [1.807, 2.05) is 0 Å². The Labute approximate surface area is 124 Å². The SMILES string of the molecule is CCCNCC(CCC)N1CCN(C)c2ccccc21. The molecular formula is C17H29N3. The van der Waals surface area contributed by atoms with E-state index in [1.165, 1.54) is 30.6 Å². The van der Waals surface area contributed by atoms with Gasteiger partial charge in [-0.3, -0.25) is 0 Å². The predicted octanol–water partition coefficient (Wildman–Crippen LogP) is 3.11. The van der Waals surface area contributed by atoms with E-state index in [2.05, 4.69) is 60.3 Å². The van der Waals surface area contributed by atoms with Crippen LogP contribution in [-0.2, 0) is 0 Å². The van der Waals surface area contributed by atoms with Gasteiger partial charge >= 0.3 is 0 Å². The van der Waals surface area contributed by atoms with Gasteiger partial charge in [0.2, 0.25) is 0 Å². The molecule has 20 heavy (non-hydrogen) atoms. The van der Waals surface area contributed by atoms with Crippen LogP contribution in [0.25, 0.3) is 0 Å². The predicted molar refractivity (Wildman–Crippen MR) is 88.9 cm³/mol. The van der Waals surface area contributed by atoms with Crippen LogP contribution >= 0.6 is 0 Å². The van der Waals surface area contributed by atoms with Crippen molar-refractivity contribution in [2.24, 2.45) is 0 Å². The normalized spacial score (nSPS) is 16.1. The highest BCUT2D eigenvalue weighted by molar-refractivity contribution is 5.73. The van der Waals surface area contributed by atoms with Gasteiger partial charge in [0.05, 0.1) is 11.4 Å². The molecule has 2 rings (SSSR count). The molecule has 0 aliphatic carbocycles. The van der Waals surface area contributed by atoms with Crippen LogP contribution in [0.2, 0.25) is 0 Å². The molecule has 3 nitrogen and oxygen atoms in total. The molecule has 0 aromatic heterocycles. The van der Waals surface area contributed by atoms with Crippen molar-refractivity contribution >= 4 is 11.4 Å². The molecule has 0 bridgehead atoms. The standard InChI is InChI=1S/C17H29N3/c1-4-8-15(14-18-11-5-2)20-13-12-19(3)16-9-6-7-10-17(16)20/h6-7,9-10,15,18H,4-5,8,11-14H2,1-3H3. The second kappa shape index (κ2) is 7.53. The van der Waals surface area contributed by atoms with Crippen molar-refractivity contribution < 1.29 is 0 Å². The third-order valence-corrected chi connectivity index (χ3v) is 4.15. The number of benzene rings is 1. The number of para-hydroxylation sites is 2. The monoisotopic (exact) mass is 275 g/mol. The van der Waals surface area contributed by atoms with Crippen LogP contribution in [-0.4, -0.2) is 39.3 Å². The van der Waals surface area contributed by atoms with Gasteiger partial charge in [0.1, 0.15) is 0 Å². The zero-order chi connectivity index (χ0) is 14.4. The highest BCUT2D eigenvalue weighted by Crippen LogP contribution is 2.33. The number of rotatable bonds is 7. The van der Waals surface area contributed by atoms with Crippen molar-refractivity contribution in [3.63, 3.8) is 0 Å². The molecule has 1 N–H and O–H groups in total. The summed E-state index contributed by atoms with van der Waals surface area (Å²) in [5.74, 6) is 0. The first kappa shape index (κ1) is 15.2. The fourth-order valence-electron chi connectivity index (χ4n) is 3.05. The number of hydrogen-bond donors (Lipinski definition) is 1. The van der Waals surface area contributed by atoms with E-state index in [-0.39, 0.29) is 0 Å².